The number of fused-ring (bicyclic) bond motifs is 1. The number of aromatic nitrogens is 3. The molecule has 1 amide bonds. The second kappa shape index (κ2) is 7.69. The van der Waals surface area contributed by atoms with E-state index >= 15 is 0 Å². The minimum Gasteiger partial charge on any atom is -0.353 e. The molecule has 29 heavy (non-hydrogen) atoms. The Bertz CT molecular complexity index is 1020. The summed E-state index contributed by atoms with van der Waals surface area (Å²) in [6.07, 6.45) is 2.09. The highest BCUT2D eigenvalue weighted by atomic mass is 16.1. The molecule has 5 heteroatoms. The van der Waals surface area contributed by atoms with Crippen LogP contribution in [0, 0.1) is 17.8 Å². The maximum Gasteiger partial charge on any atom is 0.251 e. The minimum atomic E-state index is -0.0435. The molecule has 3 N–H and O–H groups in total. The highest BCUT2D eigenvalue weighted by Crippen LogP contribution is 2.31. The van der Waals surface area contributed by atoms with Crippen molar-refractivity contribution in [3.05, 3.63) is 41.1 Å². The monoisotopic (exact) mass is 394 g/mol. The molecule has 0 unspecified atom stereocenters. The van der Waals surface area contributed by atoms with Gasteiger partial charge in [0.2, 0.25) is 0 Å². The van der Waals surface area contributed by atoms with Gasteiger partial charge in [-0.15, -0.1) is 0 Å². The zero-order valence-electron chi connectivity index (χ0n) is 18.8. The van der Waals surface area contributed by atoms with Gasteiger partial charge in [-0.2, -0.15) is 5.10 Å². The van der Waals surface area contributed by atoms with Gasteiger partial charge in [0, 0.05) is 28.7 Å². The van der Waals surface area contributed by atoms with E-state index in [0.29, 0.717) is 12.1 Å². The first kappa shape index (κ1) is 21.2. The van der Waals surface area contributed by atoms with E-state index in [9.17, 15) is 4.79 Å². The first-order valence-electron chi connectivity index (χ1n) is 10.4. The number of nitrogens with one attached hydrogen (secondary N) is 3. The number of carbonyl (C=O) groups is 1. The molecule has 2 heterocycles. The van der Waals surface area contributed by atoms with Crippen LogP contribution < -0.4 is 5.32 Å². The molecule has 2 aromatic heterocycles. The number of amides is 1. The smallest absolute Gasteiger partial charge is 0.251 e. The molecule has 1 aromatic carbocycles. The molecule has 0 saturated heterocycles. The molecule has 5 nitrogen and oxygen atoms in total. The third-order valence-electron chi connectivity index (χ3n) is 5.64. The van der Waals surface area contributed by atoms with Gasteiger partial charge in [-0.3, -0.25) is 9.89 Å². The maximum atomic E-state index is 12.5. The molecule has 0 bridgehead atoms. The molecule has 0 saturated carbocycles. The van der Waals surface area contributed by atoms with Gasteiger partial charge >= 0.3 is 0 Å². The third-order valence-corrected chi connectivity index (χ3v) is 5.64. The Hall–Kier alpha value is -2.56. The van der Waals surface area contributed by atoms with Crippen molar-refractivity contribution >= 4 is 16.8 Å². The van der Waals surface area contributed by atoms with Crippen molar-refractivity contribution in [2.24, 2.45) is 10.8 Å². The van der Waals surface area contributed by atoms with Crippen LogP contribution in [0.1, 0.15) is 69.6 Å². The van der Waals surface area contributed by atoms with Crippen LogP contribution in [0.3, 0.4) is 0 Å². The van der Waals surface area contributed by atoms with E-state index in [0.717, 1.165) is 35.1 Å². The first-order valence-corrected chi connectivity index (χ1v) is 10.4. The fourth-order valence-electron chi connectivity index (χ4n) is 3.32. The van der Waals surface area contributed by atoms with Crippen LogP contribution in [0.25, 0.3) is 22.3 Å². The van der Waals surface area contributed by atoms with Crippen molar-refractivity contribution < 1.29 is 4.79 Å². The summed E-state index contributed by atoms with van der Waals surface area (Å²) >= 11 is 0. The second-order valence-electron chi connectivity index (χ2n) is 10.1. The van der Waals surface area contributed by atoms with E-state index < -0.39 is 0 Å². The maximum absolute atomic E-state index is 12.5. The van der Waals surface area contributed by atoms with Crippen LogP contribution in [0.15, 0.2) is 24.3 Å². The summed E-state index contributed by atoms with van der Waals surface area (Å²) in [5.74, 6) is -0.0435. The summed E-state index contributed by atoms with van der Waals surface area (Å²) in [7, 11) is 0. The lowest BCUT2D eigenvalue weighted by Crippen LogP contribution is -2.32. The van der Waals surface area contributed by atoms with Gasteiger partial charge in [0.25, 0.3) is 5.91 Å². The topological polar surface area (TPSA) is 73.6 Å². The van der Waals surface area contributed by atoms with Crippen molar-refractivity contribution in [1.82, 2.24) is 20.5 Å². The van der Waals surface area contributed by atoms with Gasteiger partial charge in [0.1, 0.15) is 5.69 Å². The van der Waals surface area contributed by atoms with Crippen molar-refractivity contribution in [2.75, 3.05) is 6.54 Å². The molecule has 3 aromatic rings. The van der Waals surface area contributed by atoms with Crippen molar-refractivity contribution in [3.63, 3.8) is 0 Å². The van der Waals surface area contributed by atoms with Crippen LogP contribution in [0.4, 0.5) is 0 Å². The molecule has 3 rings (SSSR count). The predicted octanol–water partition coefficient (Wildman–Crippen LogP) is 5.62. The van der Waals surface area contributed by atoms with Gasteiger partial charge in [-0.25, -0.2) is 0 Å². The minimum absolute atomic E-state index is 0.0435. The number of benzene rings is 1. The lowest BCUT2D eigenvalue weighted by molar-refractivity contribution is 0.0939. The number of hydrogen-bond acceptors (Lipinski definition) is 2. The van der Waals surface area contributed by atoms with Gasteiger partial charge in [0.05, 0.1) is 5.69 Å². The summed E-state index contributed by atoms with van der Waals surface area (Å²) < 4.78 is 0. The lowest BCUT2D eigenvalue weighted by atomic mass is 9.84. The van der Waals surface area contributed by atoms with Crippen LogP contribution in [0.5, 0.6) is 0 Å². The fraction of sp³-hybridized carbons (Fsp3) is 0.500. The van der Waals surface area contributed by atoms with E-state index in [1.54, 1.807) is 0 Å². The van der Waals surface area contributed by atoms with Crippen molar-refractivity contribution in [3.8, 4) is 11.4 Å². The summed E-state index contributed by atoms with van der Waals surface area (Å²) in [6.45, 7) is 15.9. The predicted molar refractivity (Wildman–Crippen MR) is 120 cm³/mol. The lowest BCUT2D eigenvalue weighted by Gasteiger charge is -2.21. The highest BCUT2D eigenvalue weighted by Gasteiger charge is 2.21. The molecule has 0 radical (unpaired) electrons. The zero-order valence-corrected chi connectivity index (χ0v) is 18.8. The van der Waals surface area contributed by atoms with Crippen LogP contribution in [0.2, 0.25) is 0 Å². The van der Waals surface area contributed by atoms with E-state index in [2.05, 4.69) is 75.0 Å². The molecule has 0 fully saturated rings. The summed E-state index contributed by atoms with van der Waals surface area (Å²) in [4.78, 5) is 15.9. The van der Waals surface area contributed by atoms with E-state index in [1.165, 1.54) is 11.3 Å². The normalized spacial score (nSPS) is 12.5. The number of H-pyrrole nitrogens is 2. The summed E-state index contributed by atoms with van der Waals surface area (Å²) in [6, 6.07) is 7.89. The molecule has 0 spiro atoms. The first-order chi connectivity index (χ1) is 13.5. The molecule has 0 atom stereocenters. The van der Waals surface area contributed by atoms with Crippen LogP contribution >= 0.6 is 0 Å². The second-order valence-corrected chi connectivity index (χ2v) is 10.1. The Morgan fingerprint density at radius 2 is 1.86 bits per heavy atom. The zero-order chi connectivity index (χ0) is 21.4. The Kier molecular flexibility index (Phi) is 5.61. The number of hydrogen-bond donors (Lipinski definition) is 3. The largest absolute Gasteiger partial charge is 0.353 e. The van der Waals surface area contributed by atoms with Crippen molar-refractivity contribution in [1.29, 1.82) is 0 Å². The summed E-state index contributed by atoms with van der Waals surface area (Å²) in [5, 5.41) is 11.9. The Morgan fingerprint density at radius 3 is 2.52 bits per heavy atom. The van der Waals surface area contributed by atoms with Crippen LogP contribution in [-0.4, -0.2) is 27.6 Å². The van der Waals surface area contributed by atoms with Gasteiger partial charge in [-0.1, -0.05) is 54.0 Å². The number of carbonyl (C=O) groups excluding carboxylic acids is 1. The molecular weight excluding hydrogens is 360 g/mol. The molecule has 0 aliphatic carbocycles. The van der Waals surface area contributed by atoms with E-state index in [1.807, 2.05) is 18.2 Å². The van der Waals surface area contributed by atoms with E-state index in [-0.39, 0.29) is 16.7 Å². The average molecular weight is 395 g/mol. The molecule has 0 aliphatic rings. The van der Waals surface area contributed by atoms with Crippen molar-refractivity contribution in [2.45, 2.75) is 61.3 Å². The van der Waals surface area contributed by atoms with Crippen LogP contribution in [-0.2, 0) is 6.42 Å². The Labute approximate surface area is 173 Å². The number of rotatable bonds is 6. The SMILES string of the molecule is CCC(C)(C)Cc1[nH]nc(-c2cc3ccc(C(=O)NCC(C)(C)C)cc3[nH]2)c1C. The number of nitrogens with zero attached hydrogens (tertiary/aromatic N) is 1. The molecule has 156 valence electrons. The van der Waals surface area contributed by atoms with Gasteiger partial charge in [-0.05, 0) is 47.9 Å². The third kappa shape index (κ3) is 4.89. The highest BCUT2D eigenvalue weighted by molar-refractivity contribution is 5.98. The summed E-state index contributed by atoms with van der Waals surface area (Å²) in [5.41, 5.74) is 6.20. The molecule has 0 aliphatic heterocycles. The Morgan fingerprint density at radius 1 is 1.14 bits per heavy atom. The van der Waals surface area contributed by atoms with Gasteiger partial charge in [0.15, 0.2) is 0 Å². The van der Waals surface area contributed by atoms with E-state index in [4.69, 9.17) is 0 Å². The number of aromatic amines is 2. The Balaban J connectivity index is 1.85. The quantitative estimate of drug-likeness (QED) is 0.507. The fourth-order valence-corrected chi connectivity index (χ4v) is 3.32. The average Bonchev–Trinajstić information content (AvgIpc) is 3.21. The van der Waals surface area contributed by atoms with Gasteiger partial charge < -0.3 is 10.3 Å². The standard InChI is InChI=1S/C24H34N4O/c1-8-24(6,7)13-20-15(2)21(28-27-20)19-11-16-9-10-17(12-18(16)26-19)22(29)25-14-23(3,4)5/h9-12,26H,8,13-14H2,1-7H3,(H,25,29)(H,27,28). The molecular formula is C24H34N4O.